The van der Waals surface area contributed by atoms with Gasteiger partial charge in [-0.3, -0.25) is 28.8 Å². The summed E-state index contributed by atoms with van der Waals surface area (Å²) in [5, 5.41) is 51.3. The number of aliphatic hydroxyl groups excluding tert-OH is 2. The molecule has 26 heteroatoms. The van der Waals surface area contributed by atoms with Gasteiger partial charge in [-0.1, -0.05) is 74.5 Å². The molecule has 1 heterocycles. The predicted octanol–water partition coefficient (Wildman–Crippen LogP) is 3.03. The fraction of sp³-hybridized carbons (Fsp3) is 0.516. The van der Waals surface area contributed by atoms with Crippen molar-refractivity contribution in [3.63, 3.8) is 0 Å². The van der Waals surface area contributed by atoms with Crippen molar-refractivity contribution >= 4 is 65.3 Å². The molecule has 3 aromatic rings. The number of nitrogens with one attached hydrogen (secondary N) is 5. The van der Waals surface area contributed by atoms with Crippen molar-refractivity contribution in [2.45, 2.75) is 173 Å². The average Bonchev–Trinajstić information content (AvgIpc) is 0.678. The molecule has 3 aromatic carbocycles. The monoisotopic (exact) mass is 1230 g/mol. The Hall–Kier alpha value is -8.30. The number of aliphatic hydroxyl groups is 3. The number of carbonyl (C=O) groups excluding carboxylic acids is 10. The number of amides is 5. The van der Waals surface area contributed by atoms with E-state index in [1.807, 2.05) is 0 Å². The minimum atomic E-state index is -2.53. The maximum atomic E-state index is 15.4. The van der Waals surface area contributed by atoms with Crippen molar-refractivity contribution < 1.29 is 96.4 Å². The number of ketones is 1. The predicted molar refractivity (Wildman–Crippen MR) is 310 cm³/mol. The zero-order chi connectivity index (χ0) is 65.0. The molecule has 88 heavy (non-hydrogen) atoms. The standard InChI is InChI=1S/C62H78N6O20/c1-31-40(28-62(81)50(86-54(77)37-20-16-13-17-21-37)48-60(10,49(73)46(72)44(31)59(62,8)9)41(70)27-42-61(48,30-83-42)87-34(4)69)84-55(78)47(45(36-18-14-12-15-19-36)68-56(79)88-58(5,6)7)85-57(80)82-29-35-22-24-38(25-23-35)66-53(76)39(26-43(63)71)67-52(75)33(3)65-51(74)32(2)64-11/h12-25,32-33,39-42,45-48,50,64,70,72,81H,26-30H2,1-11H3,(H2,63,71)(H,65,74)(H,66,76)(H,67,75)(H,68,79)/t32-,33-,39-,40+,41+,42?,45+,46-,47-,48+,50+,60-,61+,62-/m1/s1. The maximum absolute atomic E-state index is 15.4. The van der Waals surface area contributed by atoms with Crippen molar-refractivity contribution in [1.82, 2.24) is 21.3 Å². The second-order valence-corrected chi connectivity index (χ2v) is 24.4. The van der Waals surface area contributed by atoms with Crippen molar-refractivity contribution in [3.05, 3.63) is 113 Å². The highest BCUT2D eigenvalue weighted by atomic mass is 16.7. The third-order valence-electron chi connectivity index (χ3n) is 17.0. The molecule has 2 bridgehead atoms. The summed E-state index contributed by atoms with van der Waals surface area (Å²) < 4.78 is 41.6. The van der Waals surface area contributed by atoms with Crippen LogP contribution in [0.5, 0.6) is 0 Å². The van der Waals surface area contributed by atoms with Gasteiger partial charge in [-0.25, -0.2) is 19.2 Å². The molecule has 0 aromatic heterocycles. The van der Waals surface area contributed by atoms with Gasteiger partial charge in [0.2, 0.25) is 29.7 Å². The van der Waals surface area contributed by atoms with E-state index in [9.17, 15) is 53.7 Å². The molecule has 10 N–H and O–H groups in total. The smallest absolute Gasteiger partial charge is 0.455 e. The van der Waals surface area contributed by atoms with Crippen LogP contribution in [0.15, 0.2) is 96.1 Å². The van der Waals surface area contributed by atoms with Crippen LogP contribution in [0.1, 0.15) is 116 Å². The molecule has 2 saturated carbocycles. The van der Waals surface area contributed by atoms with Crippen LogP contribution in [0, 0.1) is 16.7 Å². The Labute approximate surface area is 508 Å². The number of fused-ring (bicyclic) bond motifs is 5. The summed E-state index contributed by atoms with van der Waals surface area (Å²) in [4.78, 5) is 137. The molecule has 1 unspecified atom stereocenters. The fourth-order valence-corrected chi connectivity index (χ4v) is 12.1. The van der Waals surface area contributed by atoms with E-state index < -0.39 is 173 Å². The molecule has 4 aliphatic rings. The number of likely N-dealkylation sites (N-methyl/N-ethyl adjacent to an activating group) is 1. The lowest BCUT2D eigenvalue weighted by Gasteiger charge is -2.67. The second kappa shape index (κ2) is 26.6. The molecule has 0 spiro atoms. The van der Waals surface area contributed by atoms with Crippen LogP contribution in [0.2, 0.25) is 0 Å². The number of Topliss-reactive ketones (excluding diaryl/α,β-unsaturated/α-hetero) is 1. The molecule has 3 fully saturated rings. The third kappa shape index (κ3) is 14.0. The van der Waals surface area contributed by atoms with E-state index in [1.165, 1.54) is 83.1 Å². The molecule has 0 radical (unpaired) electrons. The summed E-state index contributed by atoms with van der Waals surface area (Å²) in [6.07, 6.45) is -14.8. The largest absolute Gasteiger partial charge is 0.509 e. The van der Waals surface area contributed by atoms with Gasteiger partial charge in [0, 0.05) is 30.9 Å². The summed E-state index contributed by atoms with van der Waals surface area (Å²) in [7, 11) is 1.55. The van der Waals surface area contributed by atoms with E-state index >= 15 is 9.59 Å². The van der Waals surface area contributed by atoms with Crippen LogP contribution in [-0.2, 0) is 73.3 Å². The number of primary amides is 1. The van der Waals surface area contributed by atoms with Crippen LogP contribution < -0.4 is 32.3 Å². The number of hydrogen-bond acceptors (Lipinski definition) is 21. The summed E-state index contributed by atoms with van der Waals surface area (Å²) >= 11 is 0. The molecule has 1 saturated heterocycles. The van der Waals surface area contributed by atoms with E-state index in [0.717, 1.165) is 6.92 Å². The maximum Gasteiger partial charge on any atom is 0.509 e. The van der Waals surface area contributed by atoms with E-state index in [0.29, 0.717) is 5.56 Å². The number of carbonyl (C=O) groups is 10. The van der Waals surface area contributed by atoms with Crippen LogP contribution in [0.4, 0.5) is 15.3 Å². The first kappa shape index (κ1) is 67.2. The van der Waals surface area contributed by atoms with Crippen LogP contribution >= 0.6 is 0 Å². The Morgan fingerprint density at radius 3 is 2.00 bits per heavy atom. The topological polar surface area (TPSA) is 382 Å². The first-order chi connectivity index (χ1) is 41.2. The van der Waals surface area contributed by atoms with Gasteiger partial charge in [-0.15, -0.1) is 0 Å². The van der Waals surface area contributed by atoms with Gasteiger partial charge in [0.25, 0.3) is 0 Å². The normalized spacial score (nSPS) is 26.9. The van der Waals surface area contributed by atoms with Crippen molar-refractivity contribution in [1.29, 1.82) is 0 Å². The van der Waals surface area contributed by atoms with Crippen molar-refractivity contribution in [2.24, 2.45) is 22.5 Å². The highest BCUT2D eigenvalue weighted by molar-refractivity contribution is 6.01. The van der Waals surface area contributed by atoms with Gasteiger partial charge < -0.3 is 80.8 Å². The molecule has 3 aliphatic carbocycles. The number of anilines is 1. The molecule has 1 aliphatic heterocycles. The molecule has 476 valence electrons. The van der Waals surface area contributed by atoms with Gasteiger partial charge in [-0.2, -0.15) is 0 Å². The molecule has 26 nitrogen and oxygen atoms in total. The number of rotatable bonds is 20. The number of alkyl carbamates (subject to hydrolysis) is 1. The lowest BCUT2D eigenvalue weighted by molar-refractivity contribution is -0.346. The zero-order valence-corrected chi connectivity index (χ0v) is 50.8. The van der Waals surface area contributed by atoms with E-state index in [2.05, 4.69) is 26.6 Å². The molecule has 14 atom stereocenters. The van der Waals surface area contributed by atoms with Gasteiger partial charge in [-0.05, 0) is 102 Å². The third-order valence-corrected chi connectivity index (χ3v) is 17.0. The summed E-state index contributed by atoms with van der Waals surface area (Å²) in [5.41, 5.74) is -3.48. The van der Waals surface area contributed by atoms with Crippen LogP contribution in [-0.4, -0.2) is 160 Å². The Bertz CT molecular complexity index is 3190. The van der Waals surface area contributed by atoms with Gasteiger partial charge in [0.05, 0.1) is 42.1 Å². The lowest BCUT2D eigenvalue weighted by atomic mass is 9.44. The number of nitrogens with two attached hydrogens (primary N) is 1. The fourth-order valence-electron chi connectivity index (χ4n) is 12.1. The Balaban J connectivity index is 1.21. The number of esters is 3. The minimum Gasteiger partial charge on any atom is -0.455 e. The Kier molecular flexibility index (Phi) is 20.3. The lowest BCUT2D eigenvalue weighted by Crippen LogP contribution is -2.81. The van der Waals surface area contributed by atoms with E-state index in [1.54, 1.807) is 71.1 Å². The van der Waals surface area contributed by atoms with Gasteiger partial charge >= 0.3 is 30.2 Å². The van der Waals surface area contributed by atoms with Crippen molar-refractivity contribution in [3.8, 4) is 0 Å². The number of benzene rings is 3. The zero-order valence-electron chi connectivity index (χ0n) is 50.8. The van der Waals surface area contributed by atoms with Gasteiger partial charge in [0.1, 0.15) is 60.4 Å². The Morgan fingerprint density at radius 1 is 0.818 bits per heavy atom. The SMILES string of the molecule is CN[C@H](C)C(=O)N[C@H](C)C(=O)N[C@H](CC(N)=O)C(=O)Nc1ccc(COC(=O)O[C@@H](C(=O)O[C@H]2C[C@@]3(O)[C@@H](OC(=O)c4ccccc4)[C@H]4[C@](C)(C(=O)[C@H](O)C(=C2C)C3(C)C)[C@@H](O)CC2OC[C@]24OC(C)=O)[C@@H](NC(=O)OC(C)(C)C)c2ccccc2)cc1. The first-order valence-corrected chi connectivity index (χ1v) is 28.6. The highest BCUT2D eigenvalue weighted by Crippen LogP contribution is 2.64. The average molecular weight is 1230 g/mol. The van der Waals surface area contributed by atoms with Crippen LogP contribution in [0.25, 0.3) is 0 Å². The van der Waals surface area contributed by atoms with Crippen LogP contribution in [0.3, 0.4) is 0 Å². The molecule has 7 rings (SSSR count). The van der Waals surface area contributed by atoms with E-state index in [4.69, 9.17) is 38.9 Å². The van der Waals surface area contributed by atoms with Crippen molar-refractivity contribution in [2.75, 3.05) is 19.0 Å². The molecule has 5 amide bonds. The first-order valence-electron chi connectivity index (χ1n) is 28.6. The van der Waals surface area contributed by atoms with E-state index in [-0.39, 0.29) is 41.0 Å². The number of ether oxygens (including phenoxy) is 7. The molecular weight excluding hydrogens is 1150 g/mol. The second-order valence-electron chi connectivity index (χ2n) is 24.4. The number of hydrogen-bond donors (Lipinski definition) is 9. The Morgan fingerprint density at radius 2 is 1.43 bits per heavy atom. The highest BCUT2D eigenvalue weighted by Gasteiger charge is 2.78. The minimum absolute atomic E-state index is 0.00678. The summed E-state index contributed by atoms with van der Waals surface area (Å²) in [6, 6.07) is 16.3. The quantitative estimate of drug-likeness (QED) is 0.0446. The van der Waals surface area contributed by atoms with Gasteiger partial charge in [0.15, 0.2) is 11.4 Å². The summed E-state index contributed by atoms with van der Waals surface area (Å²) in [5.74, 6) is -8.87. The molecular formula is C62H78N6O20. The summed E-state index contributed by atoms with van der Waals surface area (Å²) in [6.45, 7) is 13.7.